The van der Waals surface area contributed by atoms with Crippen LogP contribution in [0.15, 0.2) is 36.0 Å². The monoisotopic (exact) mass is 895 g/mol. The van der Waals surface area contributed by atoms with Gasteiger partial charge in [0, 0.05) is 31.3 Å². The van der Waals surface area contributed by atoms with Crippen molar-refractivity contribution in [2.75, 3.05) is 0 Å². The van der Waals surface area contributed by atoms with Crippen molar-refractivity contribution in [3.05, 3.63) is 36.0 Å². The first-order valence-corrected chi connectivity index (χ1v) is 31.6. The van der Waals surface area contributed by atoms with Gasteiger partial charge in [-0.1, -0.05) is 107 Å². The van der Waals surface area contributed by atoms with E-state index in [2.05, 4.69) is 95.2 Å². The summed E-state index contributed by atoms with van der Waals surface area (Å²) in [5, 5.41) is 11.7. The predicted molar refractivity (Wildman–Crippen MR) is 255 cm³/mol. The topological polar surface area (TPSA) is 113 Å². The van der Waals surface area contributed by atoms with Gasteiger partial charge in [-0.2, -0.15) is 0 Å². The second-order valence-electron chi connectivity index (χ2n) is 18.7. The summed E-state index contributed by atoms with van der Waals surface area (Å²) in [6, 6.07) is 9.36. The zero-order valence-electron chi connectivity index (χ0n) is 41.1. The fourth-order valence-electron chi connectivity index (χ4n) is 9.45. The van der Waals surface area contributed by atoms with E-state index in [-0.39, 0.29) is 36.6 Å². The van der Waals surface area contributed by atoms with E-state index >= 15 is 0 Å². The first-order valence-electron chi connectivity index (χ1n) is 24.0. The summed E-state index contributed by atoms with van der Waals surface area (Å²) < 4.78 is 39.8. The van der Waals surface area contributed by atoms with Crippen LogP contribution < -0.4 is 0 Å². The molecule has 0 amide bonds. The number of carbonyl (C=O) groups is 2. The SMILES string of the molecule is CCC(O[Si](CC)(CC)CC)C(C)[C@H]1O[C@@H]1CC(C)(/C=C/C=C(\C)[C@H]1OC(=O)C[C@H](O[Si](CC)(CC)CC)CC[C@@](C)(O)[C@@H](OC(C)=O)/C=C/[C@@H]1C)O[Si](CC)(CC)CC. The molecule has 3 unspecified atom stereocenters. The minimum atomic E-state index is -2.10. The van der Waals surface area contributed by atoms with Gasteiger partial charge in [0.2, 0.25) is 0 Å². The minimum Gasteiger partial charge on any atom is -0.457 e. The Labute approximate surface area is 370 Å². The standard InChI is InChI=1S/C48H90O9Si3/c1-17-41(56-59(21-5,22-6)23-7)38(13)46-42(53-46)35-47(15,57-60(24-8,25-9)26-10)32-27-28-36(11)45-37(12)29-30-43(52-39(14)49)48(16,51)33-31-40(34-44(50)54-45)55-58(18-2,19-3)20-4/h27-30,32,37-38,40-43,45-46,51H,17-26,31,33-35H2,1-16H3/b30-29+,32-27+,36-28+/t37-,38?,40+,41?,42+,43-,45+,46+,47?,48+/m0/s1. The van der Waals surface area contributed by atoms with Gasteiger partial charge >= 0.3 is 11.9 Å². The fourth-order valence-corrected chi connectivity index (χ4v) is 18.5. The van der Waals surface area contributed by atoms with Crippen LogP contribution in [0.3, 0.4) is 0 Å². The Kier molecular flexibility index (Phi) is 22.5. The minimum absolute atomic E-state index is 0.0838. The van der Waals surface area contributed by atoms with Crippen LogP contribution in [-0.4, -0.2) is 89.8 Å². The average molecular weight is 895 g/mol. The molecule has 2 aliphatic rings. The normalized spacial score (nSPS) is 28.9. The molecule has 1 saturated heterocycles. The van der Waals surface area contributed by atoms with E-state index in [1.807, 2.05) is 26.0 Å². The molecule has 0 aromatic rings. The largest absolute Gasteiger partial charge is 0.457 e. The van der Waals surface area contributed by atoms with Gasteiger partial charge in [-0.05, 0) is 106 Å². The van der Waals surface area contributed by atoms with E-state index < -0.39 is 60.4 Å². The molecule has 1 fully saturated rings. The van der Waals surface area contributed by atoms with Crippen LogP contribution in [0, 0.1) is 11.8 Å². The van der Waals surface area contributed by atoms with E-state index in [0.717, 1.165) is 72.8 Å². The second kappa shape index (κ2) is 24.6. The van der Waals surface area contributed by atoms with Crippen molar-refractivity contribution >= 4 is 36.9 Å². The van der Waals surface area contributed by atoms with E-state index in [1.54, 1.807) is 13.0 Å². The molecule has 2 heterocycles. The van der Waals surface area contributed by atoms with Crippen molar-refractivity contribution in [2.45, 2.75) is 245 Å². The van der Waals surface area contributed by atoms with Crippen LogP contribution in [0.5, 0.6) is 0 Å². The average Bonchev–Trinajstić information content (AvgIpc) is 3.99. The number of allylic oxidation sites excluding steroid dienone is 2. The maximum absolute atomic E-state index is 13.9. The molecule has 2 aliphatic heterocycles. The molecule has 0 aliphatic carbocycles. The van der Waals surface area contributed by atoms with Gasteiger partial charge in [-0.15, -0.1) is 0 Å². The molecule has 0 radical (unpaired) electrons. The number of aliphatic hydroxyl groups is 1. The molecule has 348 valence electrons. The van der Waals surface area contributed by atoms with Crippen molar-refractivity contribution in [3.8, 4) is 0 Å². The Morgan fingerprint density at radius 1 is 0.917 bits per heavy atom. The molecule has 9 nitrogen and oxygen atoms in total. The third-order valence-electron chi connectivity index (χ3n) is 14.7. The second-order valence-corrected chi connectivity index (χ2v) is 32.8. The van der Waals surface area contributed by atoms with Gasteiger partial charge in [0.05, 0.1) is 30.3 Å². The Morgan fingerprint density at radius 2 is 1.47 bits per heavy atom. The highest BCUT2D eigenvalue weighted by Gasteiger charge is 2.51. The maximum atomic E-state index is 13.9. The molecular weight excluding hydrogens is 805 g/mol. The van der Waals surface area contributed by atoms with Crippen LogP contribution in [0.4, 0.5) is 0 Å². The molecule has 10 atom stereocenters. The van der Waals surface area contributed by atoms with Crippen LogP contribution in [0.1, 0.15) is 143 Å². The summed E-state index contributed by atoms with van der Waals surface area (Å²) in [4.78, 5) is 26.1. The number of rotatable bonds is 24. The molecule has 12 heteroatoms. The Morgan fingerprint density at radius 3 is 1.97 bits per heavy atom. The molecular formula is C48H90O9Si3. The number of esters is 2. The molecule has 0 bridgehead atoms. The summed E-state index contributed by atoms with van der Waals surface area (Å²) in [5.74, 6) is -0.775. The van der Waals surface area contributed by atoms with Gasteiger partial charge < -0.3 is 32.6 Å². The lowest BCUT2D eigenvalue weighted by Crippen LogP contribution is -2.46. The highest BCUT2D eigenvalue weighted by atomic mass is 28.4. The van der Waals surface area contributed by atoms with Gasteiger partial charge in [-0.3, -0.25) is 9.59 Å². The molecule has 0 saturated carbocycles. The smallest absolute Gasteiger partial charge is 0.308 e. The van der Waals surface area contributed by atoms with E-state index in [0.29, 0.717) is 18.8 Å². The number of hydrogen-bond acceptors (Lipinski definition) is 9. The number of epoxide rings is 1. The molecule has 60 heavy (non-hydrogen) atoms. The van der Waals surface area contributed by atoms with Crippen LogP contribution in [0.2, 0.25) is 54.4 Å². The Hall–Kier alpha value is -1.39. The number of ether oxygens (including phenoxy) is 3. The lowest BCUT2D eigenvalue weighted by molar-refractivity contribution is -0.157. The summed E-state index contributed by atoms with van der Waals surface area (Å²) in [6.45, 7) is 34.0. The van der Waals surface area contributed by atoms with Crippen molar-refractivity contribution in [1.29, 1.82) is 0 Å². The lowest BCUT2D eigenvalue weighted by atomic mass is 9.88. The van der Waals surface area contributed by atoms with Crippen molar-refractivity contribution in [1.82, 2.24) is 0 Å². The molecule has 0 spiro atoms. The van der Waals surface area contributed by atoms with Crippen molar-refractivity contribution in [2.24, 2.45) is 11.8 Å². The first-order chi connectivity index (χ1) is 28.2. The maximum Gasteiger partial charge on any atom is 0.308 e. The highest BCUT2D eigenvalue weighted by molar-refractivity contribution is 6.74. The highest BCUT2D eigenvalue weighted by Crippen LogP contribution is 2.42. The van der Waals surface area contributed by atoms with Gasteiger partial charge in [-0.25, -0.2) is 0 Å². The predicted octanol–water partition coefficient (Wildman–Crippen LogP) is 12.2. The third-order valence-corrected chi connectivity index (χ3v) is 28.8. The van der Waals surface area contributed by atoms with Crippen LogP contribution >= 0.6 is 0 Å². The number of cyclic esters (lactones) is 1. The summed E-state index contributed by atoms with van der Waals surface area (Å²) >= 11 is 0. The zero-order valence-corrected chi connectivity index (χ0v) is 44.1. The van der Waals surface area contributed by atoms with E-state index in [9.17, 15) is 14.7 Å². The summed E-state index contributed by atoms with van der Waals surface area (Å²) in [6.07, 6.45) is 11.0. The number of hydrogen-bond donors (Lipinski definition) is 1. The van der Waals surface area contributed by atoms with Crippen molar-refractivity contribution in [3.63, 3.8) is 0 Å². The molecule has 1 N–H and O–H groups in total. The van der Waals surface area contributed by atoms with E-state index in [1.165, 1.54) is 6.92 Å². The van der Waals surface area contributed by atoms with Crippen molar-refractivity contribution < 1.29 is 42.2 Å². The first kappa shape index (κ1) is 54.7. The van der Waals surface area contributed by atoms with E-state index in [4.69, 9.17) is 27.5 Å². The quantitative estimate of drug-likeness (QED) is 0.0333. The lowest BCUT2D eigenvalue weighted by Gasteiger charge is -2.39. The Balaban J connectivity index is 2.52. The summed E-state index contributed by atoms with van der Waals surface area (Å²) in [7, 11) is -5.90. The number of carbonyl (C=O) groups excluding carboxylic acids is 2. The molecule has 0 aromatic heterocycles. The van der Waals surface area contributed by atoms with Crippen LogP contribution in [0.25, 0.3) is 0 Å². The molecule has 0 aromatic carbocycles. The zero-order chi connectivity index (χ0) is 45.5. The summed E-state index contributed by atoms with van der Waals surface area (Å²) in [5.41, 5.74) is -1.04. The van der Waals surface area contributed by atoms with Gasteiger partial charge in [0.25, 0.3) is 0 Å². The van der Waals surface area contributed by atoms with Gasteiger partial charge in [0.15, 0.2) is 25.0 Å². The van der Waals surface area contributed by atoms with Crippen LogP contribution in [-0.2, 0) is 37.1 Å². The fraction of sp³-hybridized carbons (Fsp3) is 0.833. The van der Waals surface area contributed by atoms with Gasteiger partial charge in [0.1, 0.15) is 17.8 Å². The Bertz CT molecular complexity index is 1380. The third kappa shape index (κ3) is 15.4. The molecule has 2 rings (SSSR count).